The molecule has 0 amide bonds. The molecule has 94 valence electrons. The highest BCUT2D eigenvalue weighted by Crippen LogP contribution is 2.39. The number of benzene rings is 1. The lowest BCUT2D eigenvalue weighted by Crippen LogP contribution is -1.91. The third-order valence-electron chi connectivity index (χ3n) is 2.88. The number of nitrogens with two attached hydrogens (primary N) is 1. The number of hydrogen-bond donors (Lipinski definition) is 1. The molecule has 1 aromatic heterocycles. The topological polar surface area (TPSA) is 64.9 Å². The molecule has 0 spiro atoms. The monoisotopic (exact) mass is 281 g/mol. The highest BCUT2D eigenvalue weighted by molar-refractivity contribution is 7.99. The zero-order valence-electron chi connectivity index (χ0n) is 9.60. The van der Waals surface area contributed by atoms with Crippen LogP contribution in [0.4, 0.5) is 5.69 Å². The van der Waals surface area contributed by atoms with E-state index in [0.717, 1.165) is 18.0 Å². The zero-order chi connectivity index (χ0) is 12.5. The van der Waals surface area contributed by atoms with Gasteiger partial charge < -0.3 is 10.3 Å². The lowest BCUT2D eigenvalue weighted by Gasteiger charge is -2.00. The average molecular weight is 282 g/mol. The Bertz CT molecular complexity index is 566. The SMILES string of the molecule is Nc1ccc(Cl)c(-c2nc(C3CCCS3)no2)c1. The van der Waals surface area contributed by atoms with Crippen LogP contribution in [0.25, 0.3) is 11.5 Å². The lowest BCUT2D eigenvalue weighted by atomic mass is 10.2. The Kier molecular flexibility index (Phi) is 3.18. The highest BCUT2D eigenvalue weighted by Gasteiger charge is 2.23. The Morgan fingerprint density at radius 1 is 1.44 bits per heavy atom. The number of aromatic nitrogens is 2. The number of rotatable bonds is 2. The van der Waals surface area contributed by atoms with Crippen molar-refractivity contribution in [2.45, 2.75) is 18.1 Å². The molecule has 4 nitrogen and oxygen atoms in total. The van der Waals surface area contributed by atoms with Crippen molar-refractivity contribution in [3.05, 3.63) is 29.0 Å². The van der Waals surface area contributed by atoms with Crippen LogP contribution in [0.2, 0.25) is 5.02 Å². The normalized spacial score (nSPS) is 19.3. The minimum absolute atomic E-state index is 0.349. The fourth-order valence-electron chi connectivity index (χ4n) is 1.96. The molecule has 2 heterocycles. The Balaban J connectivity index is 1.94. The van der Waals surface area contributed by atoms with Crippen molar-refractivity contribution in [3.8, 4) is 11.5 Å². The van der Waals surface area contributed by atoms with E-state index >= 15 is 0 Å². The van der Waals surface area contributed by atoms with Crippen molar-refractivity contribution in [1.29, 1.82) is 0 Å². The summed E-state index contributed by atoms with van der Waals surface area (Å²) in [6.07, 6.45) is 2.31. The van der Waals surface area contributed by atoms with Crippen molar-refractivity contribution < 1.29 is 4.52 Å². The van der Waals surface area contributed by atoms with Crippen LogP contribution in [-0.4, -0.2) is 15.9 Å². The minimum atomic E-state index is 0.349. The first-order valence-corrected chi connectivity index (χ1v) is 7.17. The van der Waals surface area contributed by atoms with Crippen molar-refractivity contribution in [2.75, 3.05) is 11.5 Å². The Morgan fingerprint density at radius 2 is 2.33 bits per heavy atom. The van der Waals surface area contributed by atoms with E-state index < -0.39 is 0 Å². The van der Waals surface area contributed by atoms with Gasteiger partial charge in [0.2, 0.25) is 0 Å². The van der Waals surface area contributed by atoms with Gasteiger partial charge in [0.15, 0.2) is 5.82 Å². The minimum Gasteiger partial charge on any atom is -0.399 e. The zero-order valence-corrected chi connectivity index (χ0v) is 11.2. The predicted molar refractivity (Wildman–Crippen MR) is 73.6 cm³/mol. The first kappa shape index (κ1) is 11.9. The largest absolute Gasteiger partial charge is 0.399 e. The predicted octanol–water partition coefficient (Wildman–Crippen LogP) is 3.54. The highest BCUT2D eigenvalue weighted by atomic mass is 35.5. The van der Waals surface area contributed by atoms with E-state index in [1.807, 2.05) is 11.8 Å². The van der Waals surface area contributed by atoms with Crippen LogP contribution in [0.1, 0.15) is 23.9 Å². The third kappa shape index (κ3) is 2.20. The molecule has 1 atom stereocenters. The molecule has 0 radical (unpaired) electrons. The van der Waals surface area contributed by atoms with Crippen molar-refractivity contribution >= 4 is 29.1 Å². The van der Waals surface area contributed by atoms with Gasteiger partial charge in [-0.1, -0.05) is 16.8 Å². The number of halogens is 1. The van der Waals surface area contributed by atoms with E-state index in [9.17, 15) is 0 Å². The average Bonchev–Trinajstić information content (AvgIpc) is 3.00. The Morgan fingerprint density at radius 3 is 3.11 bits per heavy atom. The van der Waals surface area contributed by atoms with Crippen LogP contribution in [-0.2, 0) is 0 Å². The van der Waals surface area contributed by atoms with Gasteiger partial charge in [-0.25, -0.2) is 0 Å². The summed E-state index contributed by atoms with van der Waals surface area (Å²) >= 11 is 7.98. The molecule has 1 fully saturated rings. The van der Waals surface area contributed by atoms with Crippen molar-refractivity contribution in [3.63, 3.8) is 0 Å². The summed E-state index contributed by atoms with van der Waals surface area (Å²) in [4.78, 5) is 4.43. The van der Waals surface area contributed by atoms with Crippen LogP contribution in [0.5, 0.6) is 0 Å². The molecule has 1 aromatic carbocycles. The summed E-state index contributed by atoms with van der Waals surface area (Å²) in [5, 5.41) is 4.96. The maximum atomic E-state index is 6.11. The van der Waals surface area contributed by atoms with Gasteiger partial charge in [0, 0.05) is 5.69 Å². The first-order chi connectivity index (χ1) is 8.74. The smallest absolute Gasteiger partial charge is 0.259 e. The van der Waals surface area contributed by atoms with Crippen LogP contribution in [0.3, 0.4) is 0 Å². The second-order valence-electron chi connectivity index (χ2n) is 4.20. The number of nitrogens with zero attached hydrogens (tertiary/aromatic N) is 2. The fourth-order valence-corrected chi connectivity index (χ4v) is 3.36. The number of hydrogen-bond acceptors (Lipinski definition) is 5. The van der Waals surface area contributed by atoms with Crippen molar-refractivity contribution in [1.82, 2.24) is 10.1 Å². The fraction of sp³-hybridized carbons (Fsp3) is 0.333. The van der Waals surface area contributed by atoms with Crippen LogP contribution >= 0.6 is 23.4 Å². The maximum Gasteiger partial charge on any atom is 0.259 e. The molecule has 18 heavy (non-hydrogen) atoms. The number of nitrogen functional groups attached to an aromatic ring is 1. The molecular formula is C12H12ClN3OS. The molecule has 0 bridgehead atoms. The van der Waals surface area contributed by atoms with Crippen LogP contribution in [0.15, 0.2) is 22.7 Å². The number of anilines is 1. The standard InChI is InChI=1S/C12H12ClN3OS/c13-9-4-3-7(14)6-8(9)12-15-11(16-17-12)10-2-1-5-18-10/h3-4,6,10H,1-2,5,14H2. The van der Waals surface area contributed by atoms with Gasteiger partial charge in [-0.05, 0) is 36.8 Å². The maximum absolute atomic E-state index is 6.11. The van der Waals surface area contributed by atoms with E-state index in [1.54, 1.807) is 18.2 Å². The second-order valence-corrected chi connectivity index (χ2v) is 5.92. The number of thioether (sulfide) groups is 1. The van der Waals surface area contributed by atoms with Crippen LogP contribution in [0, 0.1) is 0 Å². The summed E-state index contributed by atoms with van der Waals surface area (Å²) < 4.78 is 5.28. The van der Waals surface area contributed by atoms with Gasteiger partial charge in [0.25, 0.3) is 5.89 Å². The molecule has 0 saturated carbocycles. The van der Waals surface area contributed by atoms with Gasteiger partial charge in [-0.3, -0.25) is 0 Å². The molecule has 6 heteroatoms. The van der Waals surface area contributed by atoms with E-state index in [4.69, 9.17) is 21.9 Å². The quantitative estimate of drug-likeness (QED) is 0.853. The molecule has 1 aliphatic heterocycles. The molecule has 2 aromatic rings. The lowest BCUT2D eigenvalue weighted by molar-refractivity contribution is 0.421. The van der Waals surface area contributed by atoms with E-state index in [1.165, 1.54) is 6.42 Å². The van der Waals surface area contributed by atoms with Gasteiger partial charge in [0.1, 0.15) is 0 Å². The van der Waals surface area contributed by atoms with Gasteiger partial charge in [-0.2, -0.15) is 16.7 Å². The Labute approximate surface area is 114 Å². The third-order valence-corrected chi connectivity index (χ3v) is 4.58. The summed E-state index contributed by atoms with van der Waals surface area (Å²) in [7, 11) is 0. The summed E-state index contributed by atoms with van der Waals surface area (Å²) in [5.41, 5.74) is 7.06. The first-order valence-electron chi connectivity index (χ1n) is 5.74. The molecule has 3 rings (SSSR count). The van der Waals surface area contributed by atoms with Gasteiger partial charge in [0.05, 0.1) is 15.8 Å². The summed E-state index contributed by atoms with van der Waals surface area (Å²) in [5.74, 6) is 2.36. The molecule has 0 aliphatic carbocycles. The van der Waals surface area contributed by atoms with E-state index in [2.05, 4.69) is 10.1 Å². The molecular weight excluding hydrogens is 270 g/mol. The summed E-state index contributed by atoms with van der Waals surface area (Å²) in [6.45, 7) is 0. The molecule has 2 N–H and O–H groups in total. The summed E-state index contributed by atoms with van der Waals surface area (Å²) in [6, 6.07) is 5.23. The molecule has 1 aliphatic rings. The molecule has 1 unspecified atom stereocenters. The Hall–Kier alpha value is -1.20. The van der Waals surface area contributed by atoms with Gasteiger partial charge >= 0.3 is 0 Å². The molecule has 1 saturated heterocycles. The van der Waals surface area contributed by atoms with E-state index in [0.29, 0.717) is 27.4 Å². The van der Waals surface area contributed by atoms with Crippen LogP contribution < -0.4 is 5.73 Å². The van der Waals surface area contributed by atoms with E-state index in [-0.39, 0.29) is 0 Å². The van der Waals surface area contributed by atoms with Crippen molar-refractivity contribution in [2.24, 2.45) is 0 Å². The van der Waals surface area contributed by atoms with Gasteiger partial charge in [-0.15, -0.1) is 0 Å². The second kappa shape index (κ2) is 4.82.